The van der Waals surface area contributed by atoms with Crippen LogP contribution in [0, 0.1) is 0 Å². The Morgan fingerprint density at radius 2 is 1.84 bits per heavy atom. The highest BCUT2D eigenvalue weighted by Crippen LogP contribution is 2.22. The standard InChI is InChI=1S/C13H18N6/c1-2-8-19-9-10(14-11(19)5-1)12-15-13(17-16-12)18-6-3-4-7-18/h9H,1-8H2,(H,15,16,17). The Morgan fingerprint density at radius 3 is 2.68 bits per heavy atom. The molecular formula is C13H18N6. The molecule has 0 aromatic carbocycles. The molecule has 1 fully saturated rings. The van der Waals surface area contributed by atoms with Gasteiger partial charge in [0.1, 0.15) is 11.5 Å². The molecule has 100 valence electrons. The minimum Gasteiger partial charge on any atom is -0.340 e. The van der Waals surface area contributed by atoms with Gasteiger partial charge in [-0.3, -0.25) is 5.10 Å². The Morgan fingerprint density at radius 1 is 1.00 bits per heavy atom. The molecule has 2 aliphatic heterocycles. The number of aromatic amines is 1. The number of imidazole rings is 1. The Bertz CT molecular complexity index is 554. The van der Waals surface area contributed by atoms with E-state index in [2.05, 4.69) is 35.8 Å². The maximum Gasteiger partial charge on any atom is 0.245 e. The van der Waals surface area contributed by atoms with Crippen molar-refractivity contribution in [1.82, 2.24) is 24.7 Å². The number of nitrogens with zero attached hydrogens (tertiary/aromatic N) is 5. The fourth-order valence-electron chi connectivity index (χ4n) is 2.95. The van der Waals surface area contributed by atoms with Crippen molar-refractivity contribution in [2.45, 2.75) is 38.6 Å². The van der Waals surface area contributed by atoms with Crippen LogP contribution in [-0.2, 0) is 13.0 Å². The second-order valence-electron chi connectivity index (χ2n) is 5.37. The van der Waals surface area contributed by atoms with Crippen LogP contribution in [0.25, 0.3) is 11.5 Å². The monoisotopic (exact) mass is 258 g/mol. The SMILES string of the molecule is c1c(-c2nc(N3CCCC3)n[nH]2)nc2n1CCCC2. The van der Waals surface area contributed by atoms with Crippen LogP contribution in [0.1, 0.15) is 31.5 Å². The van der Waals surface area contributed by atoms with E-state index < -0.39 is 0 Å². The Labute approximate surface area is 111 Å². The molecule has 6 heteroatoms. The number of hydrogen-bond donors (Lipinski definition) is 1. The molecule has 2 aromatic heterocycles. The third-order valence-electron chi connectivity index (χ3n) is 4.01. The predicted molar refractivity (Wildman–Crippen MR) is 72.0 cm³/mol. The van der Waals surface area contributed by atoms with Crippen LogP contribution in [0.5, 0.6) is 0 Å². The smallest absolute Gasteiger partial charge is 0.245 e. The van der Waals surface area contributed by atoms with Gasteiger partial charge in [-0.1, -0.05) is 0 Å². The van der Waals surface area contributed by atoms with Crippen LogP contribution < -0.4 is 4.90 Å². The van der Waals surface area contributed by atoms with Crippen molar-refractivity contribution in [1.29, 1.82) is 0 Å². The van der Waals surface area contributed by atoms with Gasteiger partial charge in [0, 0.05) is 32.3 Å². The van der Waals surface area contributed by atoms with E-state index in [9.17, 15) is 0 Å². The van der Waals surface area contributed by atoms with Gasteiger partial charge in [0.2, 0.25) is 5.95 Å². The first-order chi connectivity index (χ1) is 9.40. The summed E-state index contributed by atoms with van der Waals surface area (Å²) < 4.78 is 2.25. The summed E-state index contributed by atoms with van der Waals surface area (Å²) in [6.07, 6.45) is 8.14. The van der Waals surface area contributed by atoms with E-state index in [4.69, 9.17) is 0 Å². The van der Waals surface area contributed by atoms with Crippen molar-refractivity contribution in [3.63, 3.8) is 0 Å². The van der Waals surface area contributed by atoms with E-state index in [1.54, 1.807) is 0 Å². The van der Waals surface area contributed by atoms with Gasteiger partial charge in [0.15, 0.2) is 5.82 Å². The molecule has 4 heterocycles. The second-order valence-corrected chi connectivity index (χ2v) is 5.37. The first kappa shape index (κ1) is 11.0. The van der Waals surface area contributed by atoms with Gasteiger partial charge in [0.05, 0.1) is 0 Å². The highest BCUT2D eigenvalue weighted by molar-refractivity contribution is 5.51. The lowest BCUT2D eigenvalue weighted by Crippen LogP contribution is -2.18. The Hall–Kier alpha value is -1.85. The zero-order valence-corrected chi connectivity index (χ0v) is 11.0. The summed E-state index contributed by atoms with van der Waals surface area (Å²) in [6, 6.07) is 0. The Kier molecular flexibility index (Phi) is 2.53. The molecule has 0 bridgehead atoms. The van der Waals surface area contributed by atoms with Crippen LogP contribution in [0.4, 0.5) is 5.95 Å². The number of rotatable bonds is 2. The van der Waals surface area contributed by atoms with Crippen molar-refractivity contribution >= 4 is 5.95 Å². The summed E-state index contributed by atoms with van der Waals surface area (Å²) in [6.45, 7) is 3.21. The summed E-state index contributed by atoms with van der Waals surface area (Å²) in [4.78, 5) is 11.5. The molecular weight excluding hydrogens is 240 g/mol. The average molecular weight is 258 g/mol. The molecule has 4 rings (SSSR count). The normalized spacial score (nSPS) is 18.8. The van der Waals surface area contributed by atoms with E-state index in [1.807, 2.05) is 0 Å². The fraction of sp³-hybridized carbons (Fsp3) is 0.615. The summed E-state index contributed by atoms with van der Waals surface area (Å²) in [5.74, 6) is 2.79. The molecule has 2 aliphatic rings. The lowest BCUT2D eigenvalue weighted by molar-refractivity contribution is 0.522. The molecule has 1 saturated heterocycles. The number of aromatic nitrogens is 5. The molecule has 0 spiro atoms. The first-order valence-electron chi connectivity index (χ1n) is 7.14. The van der Waals surface area contributed by atoms with E-state index in [-0.39, 0.29) is 0 Å². The molecule has 0 amide bonds. The maximum absolute atomic E-state index is 4.67. The highest BCUT2D eigenvalue weighted by Gasteiger charge is 2.19. The molecule has 0 radical (unpaired) electrons. The lowest BCUT2D eigenvalue weighted by Gasteiger charge is -2.11. The molecule has 0 aliphatic carbocycles. The highest BCUT2D eigenvalue weighted by atomic mass is 15.4. The van der Waals surface area contributed by atoms with Gasteiger partial charge >= 0.3 is 0 Å². The van der Waals surface area contributed by atoms with Crippen LogP contribution in [-0.4, -0.2) is 37.8 Å². The largest absolute Gasteiger partial charge is 0.340 e. The molecule has 0 atom stereocenters. The van der Waals surface area contributed by atoms with E-state index in [0.29, 0.717) is 0 Å². The van der Waals surface area contributed by atoms with Gasteiger partial charge in [-0.2, -0.15) is 4.98 Å². The zero-order chi connectivity index (χ0) is 12.7. The molecule has 0 unspecified atom stereocenters. The second kappa shape index (κ2) is 4.36. The number of anilines is 1. The van der Waals surface area contributed by atoms with Gasteiger partial charge in [0.25, 0.3) is 0 Å². The molecule has 6 nitrogen and oxygen atoms in total. The van der Waals surface area contributed by atoms with E-state index in [0.717, 1.165) is 43.5 Å². The summed E-state index contributed by atoms with van der Waals surface area (Å²) in [5.41, 5.74) is 0.926. The van der Waals surface area contributed by atoms with Crippen LogP contribution in [0.15, 0.2) is 6.20 Å². The number of hydrogen-bond acceptors (Lipinski definition) is 4. The van der Waals surface area contributed by atoms with Crippen molar-refractivity contribution in [3.8, 4) is 11.5 Å². The number of nitrogens with one attached hydrogen (secondary N) is 1. The van der Waals surface area contributed by atoms with Gasteiger partial charge in [-0.15, -0.1) is 5.10 Å². The van der Waals surface area contributed by atoms with Crippen LogP contribution in [0.3, 0.4) is 0 Å². The lowest BCUT2D eigenvalue weighted by atomic mass is 10.2. The quantitative estimate of drug-likeness (QED) is 0.888. The summed E-state index contributed by atoms with van der Waals surface area (Å²) in [7, 11) is 0. The maximum atomic E-state index is 4.67. The van der Waals surface area contributed by atoms with Crippen molar-refractivity contribution < 1.29 is 0 Å². The molecule has 1 N–H and O–H groups in total. The number of H-pyrrole nitrogens is 1. The van der Waals surface area contributed by atoms with Crippen molar-refractivity contribution in [3.05, 3.63) is 12.0 Å². The van der Waals surface area contributed by atoms with Crippen molar-refractivity contribution in [2.75, 3.05) is 18.0 Å². The number of aryl methyl sites for hydroxylation is 2. The summed E-state index contributed by atoms with van der Waals surface area (Å²) in [5, 5.41) is 7.35. The minimum atomic E-state index is 0.795. The topological polar surface area (TPSA) is 62.6 Å². The minimum absolute atomic E-state index is 0.795. The van der Waals surface area contributed by atoms with Crippen LogP contribution in [0.2, 0.25) is 0 Å². The summed E-state index contributed by atoms with van der Waals surface area (Å²) >= 11 is 0. The predicted octanol–water partition coefficient (Wildman–Crippen LogP) is 1.60. The van der Waals surface area contributed by atoms with Gasteiger partial charge < -0.3 is 9.47 Å². The number of fused-ring (bicyclic) bond motifs is 1. The molecule has 2 aromatic rings. The van der Waals surface area contributed by atoms with Crippen molar-refractivity contribution in [2.24, 2.45) is 0 Å². The van der Waals surface area contributed by atoms with Crippen LogP contribution >= 0.6 is 0 Å². The third kappa shape index (κ3) is 1.91. The first-order valence-corrected chi connectivity index (χ1v) is 7.14. The molecule has 0 saturated carbocycles. The van der Waals surface area contributed by atoms with Gasteiger partial charge in [-0.05, 0) is 25.7 Å². The average Bonchev–Trinajstić information content (AvgIpc) is 3.17. The van der Waals surface area contributed by atoms with E-state index in [1.165, 1.54) is 31.5 Å². The zero-order valence-electron chi connectivity index (χ0n) is 11.0. The fourth-order valence-corrected chi connectivity index (χ4v) is 2.95. The Balaban J connectivity index is 1.63. The van der Waals surface area contributed by atoms with Gasteiger partial charge in [-0.25, -0.2) is 4.98 Å². The third-order valence-corrected chi connectivity index (χ3v) is 4.01. The molecule has 19 heavy (non-hydrogen) atoms. The van der Waals surface area contributed by atoms with E-state index >= 15 is 0 Å².